The summed E-state index contributed by atoms with van der Waals surface area (Å²) in [6.07, 6.45) is -0.359. The third-order valence-corrected chi connectivity index (χ3v) is 1.80. The second kappa shape index (κ2) is 4.55. The Labute approximate surface area is 69.5 Å². The molecule has 0 spiro atoms. The first-order chi connectivity index (χ1) is 4.57. The number of ether oxygens (including phenoxy) is 1. The Kier molecular flexibility index (Phi) is 4.43. The van der Waals surface area contributed by atoms with E-state index in [-0.39, 0.29) is 12.2 Å². The second-order valence-corrected chi connectivity index (χ2v) is 2.89. The summed E-state index contributed by atoms with van der Waals surface area (Å²) >= 11 is 3.20. The molecule has 0 rings (SSSR count). The van der Waals surface area contributed by atoms with Gasteiger partial charge in [0.05, 0.1) is 0 Å². The normalized spacial score (nSPS) is 12.4. The lowest BCUT2D eigenvalue weighted by Crippen LogP contribution is -2.27. The fraction of sp³-hybridized carbons (Fsp3) is 0.833. The van der Waals surface area contributed by atoms with E-state index >= 15 is 0 Å². The zero-order valence-corrected chi connectivity index (χ0v) is 8.01. The van der Waals surface area contributed by atoms with Gasteiger partial charge in [0.1, 0.15) is 6.10 Å². The molecule has 0 heterocycles. The number of nitrogens with zero attached hydrogens (tertiary/aromatic N) is 1. The smallest absolute Gasteiger partial charge is 0.409 e. The fourth-order valence-corrected chi connectivity index (χ4v) is 0.441. The van der Waals surface area contributed by atoms with Gasteiger partial charge in [-0.2, -0.15) is 0 Å². The van der Waals surface area contributed by atoms with Crippen LogP contribution < -0.4 is 0 Å². The Morgan fingerprint density at radius 2 is 2.20 bits per heavy atom. The number of carbonyl (C=O) groups excluding carboxylic acids is 1. The summed E-state index contributed by atoms with van der Waals surface area (Å²) in [5.41, 5.74) is 0. The fourth-order valence-electron chi connectivity index (χ4n) is 0.309. The molecular weight excluding hydrogens is 198 g/mol. The maximum Gasteiger partial charge on any atom is 0.409 e. The number of rotatable bonds is 2. The van der Waals surface area contributed by atoms with E-state index in [9.17, 15) is 4.79 Å². The monoisotopic (exact) mass is 209 g/mol. The van der Waals surface area contributed by atoms with Crippen molar-refractivity contribution in [2.75, 3.05) is 19.4 Å². The topological polar surface area (TPSA) is 29.5 Å². The lowest BCUT2D eigenvalue weighted by molar-refractivity contribution is 0.0926. The number of carbonyl (C=O) groups is 1. The minimum absolute atomic E-state index is 0.0603. The first kappa shape index (κ1) is 9.75. The van der Waals surface area contributed by atoms with E-state index in [2.05, 4.69) is 15.9 Å². The van der Waals surface area contributed by atoms with E-state index < -0.39 is 0 Å². The number of hydrogen-bond acceptors (Lipinski definition) is 2. The van der Waals surface area contributed by atoms with Crippen LogP contribution in [0.4, 0.5) is 4.79 Å². The Hall–Kier alpha value is -0.250. The van der Waals surface area contributed by atoms with Crippen LogP contribution in [0.25, 0.3) is 0 Å². The Morgan fingerprint density at radius 1 is 1.70 bits per heavy atom. The van der Waals surface area contributed by atoms with Crippen molar-refractivity contribution >= 4 is 22.0 Å². The quantitative estimate of drug-likeness (QED) is 0.646. The predicted molar refractivity (Wildman–Crippen MR) is 43.4 cm³/mol. The molecule has 0 saturated heterocycles. The minimum atomic E-state index is -0.299. The van der Waals surface area contributed by atoms with Crippen LogP contribution in [0.15, 0.2) is 0 Å². The SMILES string of the molecule is CC(CBr)OC(=O)N(C)C. The summed E-state index contributed by atoms with van der Waals surface area (Å²) in [6.45, 7) is 1.83. The van der Waals surface area contributed by atoms with Crippen molar-refractivity contribution in [3.05, 3.63) is 0 Å². The molecule has 0 aliphatic heterocycles. The number of amides is 1. The average molecular weight is 210 g/mol. The van der Waals surface area contributed by atoms with Crippen molar-refractivity contribution in [2.45, 2.75) is 13.0 Å². The van der Waals surface area contributed by atoms with Crippen LogP contribution in [0.2, 0.25) is 0 Å². The summed E-state index contributed by atoms with van der Waals surface area (Å²) in [6, 6.07) is 0. The van der Waals surface area contributed by atoms with Crippen LogP contribution in [-0.4, -0.2) is 36.5 Å². The molecule has 1 amide bonds. The lowest BCUT2D eigenvalue weighted by atomic mass is 10.5. The van der Waals surface area contributed by atoms with E-state index in [1.165, 1.54) is 4.90 Å². The van der Waals surface area contributed by atoms with Gasteiger partial charge < -0.3 is 9.64 Å². The van der Waals surface area contributed by atoms with Gasteiger partial charge in [-0.15, -0.1) is 0 Å². The van der Waals surface area contributed by atoms with Gasteiger partial charge in [0.2, 0.25) is 0 Å². The largest absolute Gasteiger partial charge is 0.446 e. The summed E-state index contributed by atoms with van der Waals surface area (Å²) in [4.78, 5) is 12.2. The van der Waals surface area contributed by atoms with E-state index in [0.717, 1.165) is 0 Å². The van der Waals surface area contributed by atoms with E-state index in [1.807, 2.05) is 6.92 Å². The molecule has 0 radical (unpaired) electrons. The van der Waals surface area contributed by atoms with Crippen LogP contribution in [-0.2, 0) is 4.74 Å². The third kappa shape index (κ3) is 3.71. The standard InChI is InChI=1S/C6H12BrNO2/c1-5(4-7)10-6(9)8(2)3/h5H,4H2,1-3H3. The van der Waals surface area contributed by atoms with Crippen molar-refractivity contribution in [3.8, 4) is 0 Å². The molecule has 0 aromatic carbocycles. The highest BCUT2D eigenvalue weighted by Gasteiger charge is 2.08. The van der Waals surface area contributed by atoms with Gasteiger partial charge in [0, 0.05) is 19.4 Å². The average Bonchev–Trinajstić information content (AvgIpc) is 1.87. The summed E-state index contributed by atoms with van der Waals surface area (Å²) in [5.74, 6) is 0. The zero-order chi connectivity index (χ0) is 8.15. The molecule has 0 aliphatic rings. The van der Waals surface area contributed by atoms with Crippen LogP contribution in [0.5, 0.6) is 0 Å². The molecular formula is C6H12BrNO2. The van der Waals surface area contributed by atoms with Gasteiger partial charge >= 0.3 is 6.09 Å². The van der Waals surface area contributed by atoms with E-state index in [0.29, 0.717) is 5.33 Å². The molecule has 0 N–H and O–H groups in total. The summed E-state index contributed by atoms with van der Waals surface area (Å²) < 4.78 is 4.90. The highest BCUT2D eigenvalue weighted by atomic mass is 79.9. The third-order valence-electron chi connectivity index (χ3n) is 0.884. The summed E-state index contributed by atoms with van der Waals surface area (Å²) in [7, 11) is 3.31. The van der Waals surface area contributed by atoms with Crippen molar-refractivity contribution in [3.63, 3.8) is 0 Å². The number of halogens is 1. The van der Waals surface area contributed by atoms with Crippen LogP contribution >= 0.6 is 15.9 Å². The van der Waals surface area contributed by atoms with Crippen LogP contribution in [0.1, 0.15) is 6.92 Å². The molecule has 1 unspecified atom stereocenters. The highest BCUT2D eigenvalue weighted by molar-refractivity contribution is 9.09. The zero-order valence-electron chi connectivity index (χ0n) is 6.43. The molecule has 10 heavy (non-hydrogen) atoms. The van der Waals surface area contributed by atoms with Crippen molar-refractivity contribution in [1.82, 2.24) is 4.90 Å². The highest BCUT2D eigenvalue weighted by Crippen LogP contribution is 1.97. The molecule has 4 heteroatoms. The molecule has 0 aliphatic carbocycles. The molecule has 0 aromatic heterocycles. The van der Waals surface area contributed by atoms with Crippen molar-refractivity contribution < 1.29 is 9.53 Å². The van der Waals surface area contributed by atoms with Gasteiger partial charge in [-0.25, -0.2) is 4.79 Å². The Balaban J connectivity index is 3.57. The van der Waals surface area contributed by atoms with Crippen LogP contribution in [0, 0.1) is 0 Å². The van der Waals surface area contributed by atoms with E-state index in [1.54, 1.807) is 14.1 Å². The van der Waals surface area contributed by atoms with Crippen molar-refractivity contribution in [2.24, 2.45) is 0 Å². The van der Waals surface area contributed by atoms with E-state index in [4.69, 9.17) is 4.74 Å². The maximum atomic E-state index is 10.8. The lowest BCUT2D eigenvalue weighted by Gasteiger charge is -2.14. The van der Waals surface area contributed by atoms with Crippen LogP contribution in [0.3, 0.4) is 0 Å². The molecule has 0 bridgehead atoms. The Bertz CT molecular complexity index is 116. The first-order valence-electron chi connectivity index (χ1n) is 3.01. The molecule has 60 valence electrons. The van der Waals surface area contributed by atoms with Gasteiger partial charge in [0.25, 0.3) is 0 Å². The predicted octanol–water partition coefficient (Wildman–Crippen LogP) is 1.47. The molecule has 1 atom stereocenters. The number of alkyl halides is 1. The van der Waals surface area contributed by atoms with Gasteiger partial charge in [0.15, 0.2) is 0 Å². The van der Waals surface area contributed by atoms with Gasteiger partial charge in [-0.05, 0) is 6.92 Å². The molecule has 0 aromatic rings. The number of hydrogen-bond donors (Lipinski definition) is 0. The molecule has 0 saturated carbocycles. The van der Waals surface area contributed by atoms with Gasteiger partial charge in [-0.3, -0.25) is 0 Å². The molecule has 3 nitrogen and oxygen atoms in total. The molecule has 0 fully saturated rings. The minimum Gasteiger partial charge on any atom is -0.446 e. The second-order valence-electron chi connectivity index (χ2n) is 2.24. The van der Waals surface area contributed by atoms with Crippen molar-refractivity contribution in [1.29, 1.82) is 0 Å². The van der Waals surface area contributed by atoms with Gasteiger partial charge in [-0.1, -0.05) is 15.9 Å². The first-order valence-corrected chi connectivity index (χ1v) is 4.14. The maximum absolute atomic E-state index is 10.8. The Morgan fingerprint density at radius 3 is 2.50 bits per heavy atom. The summed E-state index contributed by atoms with van der Waals surface area (Å²) in [5, 5.41) is 0.673.